The lowest BCUT2D eigenvalue weighted by Gasteiger charge is -2.12. The number of ether oxygens (including phenoxy) is 2. The van der Waals surface area contributed by atoms with Crippen molar-refractivity contribution in [2.75, 3.05) is 13.7 Å². The molecule has 0 aromatic heterocycles. The monoisotopic (exact) mass is 247 g/mol. The van der Waals surface area contributed by atoms with Crippen LogP contribution in [0.25, 0.3) is 0 Å². The standard InChI is InChI=1S/C15H21NO2/c1-4-5-6-9-18-15-11-13(10-12(2)16)7-8-14(15)17-3/h7-8,11-12H,6,9-10,16H2,1-3H3. The number of methoxy groups -OCH3 is 1. The van der Waals surface area contributed by atoms with Gasteiger partial charge < -0.3 is 15.2 Å². The maximum atomic E-state index is 5.79. The lowest BCUT2D eigenvalue weighted by molar-refractivity contribution is 0.301. The van der Waals surface area contributed by atoms with Crippen molar-refractivity contribution in [3.8, 4) is 23.3 Å². The molecule has 3 heteroatoms. The molecule has 1 aromatic carbocycles. The number of hydrogen-bond donors (Lipinski definition) is 1. The zero-order valence-electron chi connectivity index (χ0n) is 11.3. The Bertz CT molecular complexity index is 430. The first-order valence-electron chi connectivity index (χ1n) is 6.12. The van der Waals surface area contributed by atoms with Crippen LogP contribution in [-0.2, 0) is 6.42 Å². The Labute approximate surface area is 109 Å². The van der Waals surface area contributed by atoms with Crippen LogP contribution in [0.3, 0.4) is 0 Å². The van der Waals surface area contributed by atoms with E-state index in [1.54, 1.807) is 7.11 Å². The van der Waals surface area contributed by atoms with Gasteiger partial charge in [0.2, 0.25) is 0 Å². The molecule has 0 aliphatic heterocycles. The summed E-state index contributed by atoms with van der Waals surface area (Å²) in [6.45, 7) is 4.38. The van der Waals surface area contributed by atoms with Gasteiger partial charge >= 0.3 is 0 Å². The minimum atomic E-state index is 0.136. The van der Waals surface area contributed by atoms with E-state index in [9.17, 15) is 0 Å². The van der Waals surface area contributed by atoms with E-state index in [-0.39, 0.29) is 6.04 Å². The fourth-order valence-electron chi connectivity index (χ4n) is 1.67. The van der Waals surface area contributed by atoms with E-state index in [1.807, 2.05) is 32.0 Å². The molecule has 0 aliphatic rings. The van der Waals surface area contributed by atoms with Crippen LogP contribution in [-0.4, -0.2) is 19.8 Å². The highest BCUT2D eigenvalue weighted by Gasteiger charge is 2.06. The molecule has 3 nitrogen and oxygen atoms in total. The van der Waals surface area contributed by atoms with Crippen LogP contribution in [0, 0.1) is 11.8 Å². The molecule has 0 saturated heterocycles. The van der Waals surface area contributed by atoms with Crippen LogP contribution in [0.4, 0.5) is 0 Å². The highest BCUT2D eigenvalue weighted by Crippen LogP contribution is 2.28. The van der Waals surface area contributed by atoms with Crippen molar-refractivity contribution >= 4 is 0 Å². The van der Waals surface area contributed by atoms with E-state index >= 15 is 0 Å². The average molecular weight is 247 g/mol. The largest absolute Gasteiger partial charge is 0.493 e. The van der Waals surface area contributed by atoms with Gasteiger partial charge in [0, 0.05) is 12.5 Å². The first kappa shape index (κ1) is 14.4. The second-order valence-electron chi connectivity index (χ2n) is 4.19. The first-order chi connectivity index (χ1) is 8.67. The van der Waals surface area contributed by atoms with Crippen molar-refractivity contribution in [3.63, 3.8) is 0 Å². The van der Waals surface area contributed by atoms with Crippen molar-refractivity contribution in [2.24, 2.45) is 5.73 Å². The fraction of sp³-hybridized carbons (Fsp3) is 0.467. The van der Waals surface area contributed by atoms with Crippen LogP contribution in [0.5, 0.6) is 11.5 Å². The molecule has 0 heterocycles. The predicted molar refractivity (Wildman–Crippen MR) is 73.9 cm³/mol. The molecule has 1 rings (SSSR count). The summed E-state index contributed by atoms with van der Waals surface area (Å²) in [5, 5.41) is 0. The topological polar surface area (TPSA) is 44.5 Å². The van der Waals surface area contributed by atoms with E-state index in [1.165, 1.54) is 0 Å². The molecule has 0 fully saturated rings. The van der Waals surface area contributed by atoms with E-state index in [0.717, 1.165) is 29.9 Å². The average Bonchev–Trinajstić information content (AvgIpc) is 2.34. The molecule has 18 heavy (non-hydrogen) atoms. The summed E-state index contributed by atoms with van der Waals surface area (Å²) in [6.07, 6.45) is 1.55. The maximum Gasteiger partial charge on any atom is 0.161 e. The smallest absolute Gasteiger partial charge is 0.161 e. The van der Waals surface area contributed by atoms with Gasteiger partial charge in [0.15, 0.2) is 11.5 Å². The molecule has 0 amide bonds. The Hall–Kier alpha value is -1.66. The molecule has 1 unspecified atom stereocenters. The summed E-state index contributed by atoms with van der Waals surface area (Å²) < 4.78 is 11.0. The molecular weight excluding hydrogens is 226 g/mol. The van der Waals surface area contributed by atoms with Crippen molar-refractivity contribution in [3.05, 3.63) is 23.8 Å². The van der Waals surface area contributed by atoms with Crippen molar-refractivity contribution in [2.45, 2.75) is 32.7 Å². The molecular formula is C15H21NO2. The van der Waals surface area contributed by atoms with Crippen LogP contribution < -0.4 is 15.2 Å². The minimum Gasteiger partial charge on any atom is -0.493 e. The first-order valence-corrected chi connectivity index (χ1v) is 6.12. The molecule has 1 atom stereocenters. The second kappa shape index (κ2) is 7.62. The zero-order chi connectivity index (χ0) is 13.4. The Morgan fingerprint density at radius 2 is 2.11 bits per heavy atom. The molecule has 0 bridgehead atoms. The fourth-order valence-corrected chi connectivity index (χ4v) is 1.67. The summed E-state index contributed by atoms with van der Waals surface area (Å²) in [6, 6.07) is 6.05. The molecule has 0 saturated carbocycles. The molecule has 0 aliphatic carbocycles. The van der Waals surface area contributed by atoms with Gasteiger partial charge in [-0.05, 0) is 38.0 Å². The minimum absolute atomic E-state index is 0.136. The number of hydrogen-bond acceptors (Lipinski definition) is 3. The zero-order valence-corrected chi connectivity index (χ0v) is 11.3. The SMILES string of the molecule is CC#CCCOc1cc(CC(C)N)ccc1OC. The molecule has 0 radical (unpaired) electrons. The van der Waals surface area contributed by atoms with Crippen LogP contribution >= 0.6 is 0 Å². The van der Waals surface area contributed by atoms with Crippen LogP contribution in [0.15, 0.2) is 18.2 Å². The normalized spacial score (nSPS) is 11.3. The van der Waals surface area contributed by atoms with E-state index < -0.39 is 0 Å². The number of benzene rings is 1. The van der Waals surface area contributed by atoms with Gasteiger partial charge in [-0.2, -0.15) is 0 Å². The van der Waals surface area contributed by atoms with Crippen LogP contribution in [0.1, 0.15) is 25.8 Å². The van der Waals surface area contributed by atoms with Crippen molar-refractivity contribution in [1.29, 1.82) is 0 Å². The van der Waals surface area contributed by atoms with Crippen LogP contribution in [0.2, 0.25) is 0 Å². The third-order valence-corrected chi connectivity index (χ3v) is 2.45. The lowest BCUT2D eigenvalue weighted by Crippen LogP contribution is -2.17. The predicted octanol–water partition coefficient (Wildman–Crippen LogP) is 2.38. The van der Waals surface area contributed by atoms with Gasteiger partial charge in [-0.15, -0.1) is 11.8 Å². The summed E-state index contributed by atoms with van der Waals surface area (Å²) in [5.74, 6) is 7.31. The quantitative estimate of drug-likeness (QED) is 0.620. The van der Waals surface area contributed by atoms with Gasteiger partial charge in [-0.3, -0.25) is 0 Å². The van der Waals surface area contributed by atoms with Gasteiger partial charge in [-0.25, -0.2) is 0 Å². The molecule has 0 spiro atoms. The van der Waals surface area contributed by atoms with E-state index in [4.69, 9.17) is 15.2 Å². The third kappa shape index (κ3) is 4.68. The third-order valence-electron chi connectivity index (χ3n) is 2.45. The summed E-state index contributed by atoms with van der Waals surface area (Å²) in [4.78, 5) is 0. The number of nitrogens with two attached hydrogens (primary N) is 1. The molecule has 98 valence electrons. The molecule has 1 aromatic rings. The summed E-state index contributed by atoms with van der Waals surface area (Å²) in [5.41, 5.74) is 6.95. The van der Waals surface area contributed by atoms with Crippen molar-refractivity contribution in [1.82, 2.24) is 0 Å². The number of rotatable bonds is 6. The Kier molecular flexibility index (Phi) is 6.10. The Morgan fingerprint density at radius 1 is 1.33 bits per heavy atom. The van der Waals surface area contributed by atoms with Gasteiger partial charge in [0.05, 0.1) is 13.7 Å². The maximum absolute atomic E-state index is 5.79. The second-order valence-corrected chi connectivity index (χ2v) is 4.19. The summed E-state index contributed by atoms with van der Waals surface area (Å²) >= 11 is 0. The molecule has 2 N–H and O–H groups in total. The Morgan fingerprint density at radius 3 is 2.72 bits per heavy atom. The van der Waals surface area contributed by atoms with Gasteiger partial charge in [0.25, 0.3) is 0 Å². The van der Waals surface area contributed by atoms with Gasteiger partial charge in [-0.1, -0.05) is 6.07 Å². The van der Waals surface area contributed by atoms with Gasteiger partial charge in [0.1, 0.15) is 0 Å². The highest BCUT2D eigenvalue weighted by molar-refractivity contribution is 5.43. The van der Waals surface area contributed by atoms with E-state index in [2.05, 4.69) is 11.8 Å². The highest BCUT2D eigenvalue weighted by atomic mass is 16.5. The van der Waals surface area contributed by atoms with E-state index in [0.29, 0.717) is 6.61 Å². The van der Waals surface area contributed by atoms with Crippen molar-refractivity contribution < 1.29 is 9.47 Å². The lowest BCUT2D eigenvalue weighted by atomic mass is 10.1. The summed E-state index contributed by atoms with van der Waals surface area (Å²) in [7, 11) is 1.64. The Balaban J connectivity index is 2.73.